The molecule has 0 radical (unpaired) electrons. The Kier molecular flexibility index (Phi) is 3.46. The molecule has 1 aromatic carbocycles. The fourth-order valence-corrected chi connectivity index (χ4v) is 1.64. The molecule has 1 atom stereocenters. The zero-order chi connectivity index (χ0) is 10.9. The second kappa shape index (κ2) is 4.09. The topological polar surface area (TPSA) is 26.0 Å². The van der Waals surface area contributed by atoms with Gasteiger partial charge >= 0.3 is 0 Å². The Hall–Kier alpha value is -0.240. The van der Waals surface area contributed by atoms with E-state index in [-0.39, 0.29) is 11.5 Å². The lowest BCUT2D eigenvalue weighted by atomic mass is 9.83. The largest absolute Gasteiger partial charge is 0.323 e. The fourth-order valence-electron chi connectivity index (χ4n) is 1.22. The Morgan fingerprint density at radius 3 is 2.29 bits per heavy atom. The molecule has 0 bridgehead atoms. The lowest BCUT2D eigenvalue weighted by Crippen LogP contribution is -2.26. The van der Waals surface area contributed by atoms with Crippen LogP contribution in [0.2, 0.25) is 10.0 Å². The number of halogens is 2. The molecular weight excluding hydrogens is 217 g/mol. The van der Waals surface area contributed by atoms with Crippen molar-refractivity contribution in [3.63, 3.8) is 0 Å². The zero-order valence-corrected chi connectivity index (χ0v) is 10.2. The standard InChI is InChI=1S/C11H15Cl2N/c1-11(2,3)10(14)8-6-7(12)4-5-9(8)13/h4-6,10H,14H2,1-3H3. The summed E-state index contributed by atoms with van der Waals surface area (Å²) in [4.78, 5) is 0. The lowest BCUT2D eigenvalue weighted by Gasteiger charge is -2.28. The van der Waals surface area contributed by atoms with Gasteiger partial charge in [0.2, 0.25) is 0 Å². The molecule has 0 amide bonds. The van der Waals surface area contributed by atoms with E-state index in [2.05, 4.69) is 20.8 Å². The third kappa shape index (κ3) is 2.63. The molecule has 3 heteroatoms. The molecule has 0 aliphatic rings. The van der Waals surface area contributed by atoms with Gasteiger partial charge in [-0.15, -0.1) is 0 Å². The maximum Gasteiger partial charge on any atom is 0.0454 e. The molecule has 1 aromatic rings. The van der Waals surface area contributed by atoms with Crippen LogP contribution in [0.1, 0.15) is 32.4 Å². The third-order valence-corrected chi connectivity index (χ3v) is 2.81. The van der Waals surface area contributed by atoms with Gasteiger partial charge < -0.3 is 5.73 Å². The second-order valence-electron chi connectivity index (χ2n) is 4.51. The molecule has 2 N–H and O–H groups in total. The van der Waals surface area contributed by atoms with Crippen molar-refractivity contribution in [2.45, 2.75) is 26.8 Å². The van der Waals surface area contributed by atoms with Gasteiger partial charge in [-0.25, -0.2) is 0 Å². The summed E-state index contributed by atoms with van der Waals surface area (Å²) < 4.78 is 0. The Balaban J connectivity index is 3.12. The number of nitrogens with two attached hydrogens (primary N) is 1. The van der Waals surface area contributed by atoms with Crippen LogP contribution in [0.3, 0.4) is 0 Å². The molecule has 78 valence electrons. The minimum Gasteiger partial charge on any atom is -0.323 e. The first kappa shape index (κ1) is 11.8. The quantitative estimate of drug-likeness (QED) is 0.776. The summed E-state index contributed by atoms with van der Waals surface area (Å²) >= 11 is 12.0. The van der Waals surface area contributed by atoms with Crippen molar-refractivity contribution in [3.05, 3.63) is 33.8 Å². The number of rotatable bonds is 1. The summed E-state index contributed by atoms with van der Waals surface area (Å²) in [5.41, 5.74) is 6.99. The maximum atomic E-state index is 6.10. The zero-order valence-electron chi connectivity index (χ0n) is 8.64. The molecule has 0 fully saturated rings. The highest BCUT2D eigenvalue weighted by molar-refractivity contribution is 6.33. The Labute approximate surface area is 95.2 Å². The van der Waals surface area contributed by atoms with E-state index in [1.807, 2.05) is 6.07 Å². The van der Waals surface area contributed by atoms with Gasteiger partial charge in [0.25, 0.3) is 0 Å². The van der Waals surface area contributed by atoms with Gasteiger partial charge in [-0.2, -0.15) is 0 Å². The highest BCUT2D eigenvalue weighted by atomic mass is 35.5. The number of hydrogen-bond acceptors (Lipinski definition) is 1. The van der Waals surface area contributed by atoms with Gasteiger partial charge in [-0.1, -0.05) is 44.0 Å². The van der Waals surface area contributed by atoms with Crippen LogP contribution in [0.25, 0.3) is 0 Å². The van der Waals surface area contributed by atoms with E-state index in [9.17, 15) is 0 Å². The summed E-state index contributed by atoms with van der Waals surface area (Å²) in [6.07, 6.45) is 0. The molecule has 0 aromatic heterocycles. The molecule has 1 rings (SSSR count). The summed E-state index contributed by atoms with van der Waals surface area (Å²) in [5.74, 6) is 0. The molecule has 0 spiro atoms. The van der Waals surface area contributed by atoms with Gasteiger partial charge in [0.1, 0.15) is 0 Å². The van der Waals surface area contributed by atoms with E-state index in [0.717, 1.165) is 5.56 Å². The van der Waals surface area contributed by atoms with Crippen LogP contribution in [0.4, 0.5) is 0 Å². The highest BCUT2D eigenvalue weighted by Crippen LogP contribution is 2.35. The van der Waals surface area contributed by atoms with E-state index < -0.39 is 0 Å². The number of benzene rings is 1. The van der Waals surface area contributed by atoms with Crippen molar-refractivity contribution in [2.75, 3.05) is 0 Å². The van der Waals surface area contributed by atoms with E-state index >= 15 is 0 Å². The Morgan fingerprint density at radius 2 is 1.79 bits per heavy atom. The van der Waals surface area contributed by atoms with E-state index in [4.69, 9.17) is 28.9 Å². The maximum absolute atomic E-state index is 6.10. The van der Waals surface area contributed by atoms with Crippen LogP contribution < -0.4 is 5.73 Å². The second-order valence-corrected chi connectivity index (χ2v) is 5.35. The fraction of sp³-hybridized carbons (Fsp3) is 0.455. The summed E-state index contributed by atoms with van der Waals surface area (Å²) in [7, 11) is 0. The first-order chi connectivity index (χ1) is 6.32. The minimum absolute atomic E-state index is 0.0195. The summed E-state index contributed by atoms with van der Waals surface area (Å²) in [6.45, 7) is 6.23. The average Bonchev–Trinajstić information content (AvgIpc) is 2.06. The molecule has 0 saturated heterocycles. The third-order valence-electron chi connectivity index (χ3n) is 2.23. The van der Waals surface area contributed by atoms with Gasteiger partial charge in [-0.05, 0) is 29.2 Å². The predicted molar refractivity (Wildman–Crippen MR) is 62.8 cm³/mol. The SMILES string of the molecule is CC(C)(C)C(N)c1cc(Cl)ccc1Cl. The van der Waals surface area contributed by atoms with Crippen molar-refractivity contribution in [1.29, 1.82) is 0 Å². The van der Waals surface area contributed by atoms with Crippen molar-refractivity contribution < 1.29 is 0 Å². The summed E-state index contributed by atoms with van der Waals surface area (Å²) in [5, 5.41) is 1.35. The van der Waals surface area contributed by atoms with Gasteiger partial charge in [0.15, 0.2) is 0 Å². The molecule has 0 aliphatic carbocycles. The van der Waals surface area contributed by atoms with Crippen LogP contribution in [0.5, 0.6) is 0 Å². The molecule has 0 aliphatic heterocycles. The molecular formula is C11H15Cl2N. The monoisotopic (exact) mass is 231 g/mol. The van der Waals surface area contributed by atoms with Crippen molar-refractivity contribution in [1.82, 2.24) is 0 Å². The summed E-state index contributed by atoms with van der Waals surface area (Å²) in [6, 6.07) is 5.28. The average molecular weight is 232 g/mol. The van der Waals surface area contributed by atoms with Gasteiger partial charge in [-0.3, -0.25) is 0 Å². The van der Waals surface area contributed by atoms with Crippen LogP contribution in [-0.2, 0) is 0 Å². The molecule has 14 heavy (non-hydrogen) atoms. The molecule has 0 heterocycles. The predicted octanol–water partition coefficient (Wildman–Crippen LogP) is 4.04. The van der Waals surface area contributed by atoms with Crippen molar-refractivity contribution in [3.8, 4) is 0 Å². The Bertz CT molecular complexity index is 329. The number of hydrogen-bond donors (Lipinski definition) is 1. The van der Waals surface area contributed by atoms with Gasteiger partial charge in [0, 0.05) is 16.1 Å². The first-order valence-electron chi connectivity index (χ1n) is 4.53. The minimum atomic E-state index is -0.103. The van der Waals surface area contributed by atoms with Crippen molar-refractivity contribution in [2.24, 2.45) is 11.1 Å². The molecule has 0 saturated carbocycles. The van der Waals surface area contributed by atoms with Crippen LogP contribution in [0, 0.1) is 5.41 Å². The van der Waals surface area contributed by atoms with Gasteiger partial charge in [0.05, 0.1) is 0 Å². The molecule has 1 nitrogen and oxygen atoms in total. The first-order valence-corrected chi connectivity index (χ1v) is 5.28. The van der Waals surface area contributed by atoms with Crippen molar-refractivity contribution >= 4 is 23.2 Å². The van der Waals surface area contributed by atoms with Crippen LogP contribution >= 0.6 is 23.2 Å². The van der Waals surface area contributed by atoms with E-state index in [1.165, 1.54) is 0 Å². The van der Waals surface area contributed by atoms with E-state index in [0.29, 0.717) is 10.0 Å². The van der Waals surface area contributed by atoms with Crippen LogP contribution in [0.15, 0.2) is 18.2 Å². The normalized spacial score (nSPS) is 14.1. The van der Waals surface area contributed by atoms with E-state index in [1.54, 1.807) is 12.1 Å². The Morgan fingerprint density at radius 1 is 1.21 bits per heavy atom. The lowest BCUT2D eigenvalue weighted by molar-refractivity contribution is 0.327. The molecule has 1 unspecified atom stereocenters. The van der Waals surface area contributed by atoms with Crippen LogP contribution in [-0.4, -0.2) is 0 Å². The highest BCUT2D eigenvalue weighted by Gasteiger charge is 2.24. The smallest absolute Gasteiger partial charge is 0.0454 e.